The highest BCUT2D eigenvalue weighted by atomic mass is 16.7. The van der Waals surface area contributed by atoms with Crippen molar-refractivity contribution in [3.63, 3.8) is 0 Å². The van der Waals surface area contributed by atoms with Gasteiger partial charge in [0.15, 0.2) is 5.75 Å². The first-order chi connectivity index (χ1) is 16.8. The molecule has 0 radical (unpaired) electrons. The zero-order valence-electron chi connectivity index (χ0n) is 20.6. The van der Waals surface area contributed by atoms with Gasteiger partial charge in [0.05, 0.1) is 11.7 Å². The van der Waals surface area contributed by atoms with Crippen LogP contribution in [0.1, 0.15) is 36.6 Å². The molecule has 2 aliphatic heterocycles. The fourth-order valence-electron chi connectivity index (χ4n) is 5.56. The number of hydrogen-bond donors (Lipinski definition) is 2. The van der Waals surface area contributed by atoms with Gasteiger partial charge in [0.1, 0.15) is 0 Å². The number of para-hydroxylation sites is 2. The van der Waals surface area contributed by atoms with Crippen molar-refractivity contribution < 1.29 is 14.6 Å². The molecular weight excluding hydrogens is 438 g/mol. The lowest BCUT2D eigenvalue weighted by atomic mass is 9.73. The van der Waals surface area contributed by atoms with Crippen LogP contribution in [0.2, 0.25) is 0 Å². The maximum Gasteiger partial charge on any atom is 0.511 e. The number of piperazine rings is 1. The van der Waals surface area contributed by atoms with Crippen LogP contribution in [0.5, 0.6) is 5.75 Å². The zero-order chi connectivity index (χ0) is 24.6. The van der Waals surface area contributed by atoms with Crippen molar-refractivity contribution in [1.29, 1.82) is 0 Å². The lowest BCUT2D eigenvalue weighted by molar-refractivity contribution is 0.144. The summed E-state index contributed by atoms with van der Waals surface area (Å²) < 4.78 is 5.08. The number of fused-ring (bicyclic) bond motifs is 1. The molecule has 3 aromatic carbocycles. The van der Waals surface area contributed by atoms with Crippen LogP contribution >= 0.6 is 0 Å². The van der Waals surface area contributed by atoms with E-state index in [1.165, 1.54) is 22.5 Å². The number of carbonyl (C=O) groups is 1. The fraction of sp³-hybridized carbons (Fsp3) is 0.345. The number of rotatable bonds is 4. The van der Waals surface area contributed by atoms with Gasteiger partial charge in [-0.25, -0.2) is 4.79 Å². The number of ether oxygens (including phenoxy) is 1. The van der Waals surface area contributed by atoms with Crippen molar-refractivity contribution in [1.82, 2.24) is 0 Å². The molecule has 0 amide bonds. The minimum absolute atomic E-state index is 0.0294. The normalized spacial score (nSPS) is 19.0. The Morgan fingerprint density at radius 1 is 0.971 bits per heavy atom. The Hall–Kier alpha value is -3.67. The van der Waals surface area contributed by atoms with Gasteiger partial charge in [-0.2, -0.15) is 0 Å². The Morgan fingerprint density at radius 3 is 2.43 bits per heavy atom. The Bertz CT molecular complexity index is 1230. The van der Waals surface area contributed by atoms with Gasteiger partial charge in [0.25, 0.3) is 0 Å². The Morgan fingerprint density at radius 2 is 1.69 bits per heavy atom. The summed E-state index contributed by atoms with van der Waals surface area (Å²) in [5, 5.41) is 12.8. The molecular formula is C29H33N3O3. The summed E-state index contributed by atoms with van der Waals surface area (Å²) >= 11 is 0. The highest BCUT2D eigenvalue weighted by Crippen LogP contribution is 2.48. The third-order valence-electron chi connectivity index (χ3n) is 7.33. The van der Waals surface area contributed by atoms with Crippen molar-refractivity contribution >= 4 is 23.2 Å². The minimum Gasteiger partial charge on any atom is -0.449 e. The minimum atomic E-state index is -1.30. The predicted octanol–water partition coefficient (Wildman–Crippen LogP) is 6.11. The predicted molar refractivity (Wildman–Crippen MR) is 141 cm³/mol. The molecule has 0 aromatic heterocycles. The largest absolute Gasteiger partial charge is 0.511 e. The van der Waals surface area contributed by atoms with Crippen LogP contribution in [0.4, 0.5) is 21.9 Å². The van der Waals surface area contributed by atoms with Gasteiger partial charge in [-0.15, -0.1) is 0 Å². The molecule has 35 heavy (non-hydrogen) atoms. The maximum absolute atomic E-state index is 11.2. The molecule has 2 heterocycles. The highest BCUT2D eigenvalue weighted by Gasteiger charge is 2.37. The quantitative estimate of drug-likeness (QED) is 0.353. The van der Waals surface area contributed by atoms with Gasteiger partial charge in [-0.3, -0.25) is 0 Å². The van der Waals surface area contributed by atoms with E-state index in [4.69, 9.17) is 4.74 Å². The first kappa shape index (κ1) is 23.1. The molecule has 1 saturated heterocycles. The standard InChI is InChI=1S/C29H33N3O3/c1-20-8-4-5-12-24(20)32-16-14-31(15-17-32)23-11-6-9-21(18-23)27-29(2,3)19-22-10-7-13-25(26(22)30-27)35-28(33)34/h4-13,18,27,30H,14-17,19H2,1-3H3,(H,33,34). The molecule has 1 atom stereocenters. The monoisotopic (exact) mass is 471 g/mol. The Labute approximate surface area is 207 Å². The first-order valence-electron chi connectivity index (χ1n) is 12.3. The van der Waals surface area contributed by atoms with Crippen LogP contribution in [0.25, 0.3) is 0 Å². The van der Waals surface area contributed by atoms with E-state index in [-0.39, 0.29) is 11.5 Å². The summed E-state index contributed by atoms with van der Waals surface area (Å²) in [7, 11) is 0. The lowest BCUT2D eigenvalue weighted by Crippen LogP contribution is -2.46. The van der Waals surface area contributed by atoms with Crippen LogP contribution in [0.15, 0.2) is 66.7 Å². The third-order valence-corrected chi connectivity index (χ3v) is 7.33. The van der Waals surface area contributed by atoms with Gasteiger partial charge in [-0.05, 0) is 59.7 Å². The van der Waals surface area contributed by atoms with Gasteiger partial charge < -0.3 is 25.0 Å². The van der Waals surface area contributed by atoms with Crippen LogP contribution < -0.4 is 19.9 Å². The number of benzene rings is 3. The molecule has 1 fully saturated rings. The van der Waals surface area contributed by atoms with Crippen molar-refractivity contribution in [3.05, 3.63) is 83.4 Å². The van der Waals surface area contributed by atoms with Crippen molar-refractivity contribution in [2.75, 3.05) is 41.3 Å². The molecule has 0 bridgehead atoms. The Balaban J connectivity index is 1.36. The van der Waals surface area contributed by atoms with Crippen molar-refractivity contribution in [2.24, 2.45) is 5.41 Å². The van der Waals surface area contributed by atoms with E-state index in [0.717, 1.165) is 43.9 Å². The van der Waals surface area contributed by atoms with E-state index in [9.17, 15) is 9.90 Å². The summed E-state index contributed by atoms with van der Waals surface area (Å²) in [6.45, 7) is 10.6. The van der Waals surface area contributed by atoms with E-state index < -0.39 is 6.16 Å². The number of hydrogen-bond acceptors (Lipinski definition) is 5. The highest BCUT2D eigenvalue weighted by molar-refractivity contribution is 5.71. The molecule has 182 valence electrons. The number of anilines is 3. The van der Waals surface area contributed by atoms with Gasteiger partial charge in [0, 0.05) is 37.6 Å². The third kappa shape index (κ3) is 4.65. The van der Waals surface area contributed by atoms with E-state index in [2.05, 4.69) is 84.4 Å². The molecule has 0 aliphatic carbocycles. The van der Waals surface area contributed by atoms with Gasteiger partial charge >= 0.3 is 6.16 Å². The fourth-order valence-corrected chi connectivity index (χ4v) is 5.56. The summed E-state index contributed by atoms with van der Waals surface area (Å²) in [6, 6.07) is 23.0. The van der Waals surface area contributed by atoms with Crippen LogP contribution in [-0.4, -0.2) is 37.4 Å². The second kappa shape index (κ2) is 9.17. The second-order valence-corrected chi connectivity index (χ2v) is 10.3. The summed E-state index contributed by atoms with van der Waals surface area (Å²) in [4.78, 5) is 16.2. The molecule has 3 aromatic rings. The van der Waals surface area contributed by atoms with E-state index in [1.54, 1.807) is 6.07 Å². The van der Waals surface area contributed by atoms with Crippen LogP contribution in [0, 0.1) is 12.3 Å². The Kier molecular flexibility index (Phi) is 6.05. The summed E-state index contributed by atoms with van der Waals surface area (Å²) in [5.41, 5.74) is 6.86. The molecule has 6 nitrogen and oxygen atoms in total. The summed E-state index contributed by atoms with van der Waals surface area (Å²) in [5.74, 6) is 0.360. The molecule has 5 rings (SSSR count). The number of carboxylic acid groups (broad SMARTS) is 1. The first-order valence-corrected chi connectivity index (χ1v) is 12.3. The van der Waals surface area contributed by atoms with Gasteiger partial charge in [-0.1, -0.05) is 56.3 Å². The number of aryl methyl sites for hydroxylation is 1. The average Bonchev–Trinajstić information content (AvgIpc) is 2.83. The average molecular weight is 472 g/mol. The van der Waals surface area contributed by atoms with Crippen LogP contribution in [0.3, 0.4) is 0 Å². The number of nitrogens with one attached hydrogen (secondary N) is 1. The molecule has 0 spiro atoms. The molecule has 6 heteroatoms. The van der Waals surface area contributed by atoms with E-state index in [0.29, 0.717) is 5.75 Å². The van der Waals surface area contributed by atoms with Crippen molar-refractivity contribution in [3.8, 4) is 5.75 Å². The maximum atomic E-state index is 11.2. The number of nitrogens with zero attached hydrogens (tertiary/aromatic N) is 2. The molecule has 2 N–H and O–H groups in total. The van der Waals surface area contributed by atoms with E-state index in [1.807, 2.05) is 12.1 Å². The topological polar surface area (TPSA) is 65.0 Å². The van der Waals surface area contributed by atoms with Crippen LogP contribution in [-0.2, 0) is 6.42 Å². The lowest BCUT2D eigenvalue weighted by Gasteiger charge is -2.42. The molecule has 2 aliphatic rings. The summed E-state index contributed by atoms with van der Waals surface area (Å²) in [6.07, 6.45) is -0.468. The zero-order valence-corrected chi connectivity index (χ0v) is 20.6. The SMILES string of the molecule is Cc1ccccc1N1CCN(c2cccc(C3Nc4c(cccc4OC(=O)O)CC3(C)C)c2)CC1. The molecule has 0 saturated carbocycles. The smallest absolute Gasteiger partial charge is 0.449 e. The molecule has 1 unspecified atom stereocenters. The second-order valence-electron chi connectivity index (χ2n) is 10.3. The van der Waals surface area contributed by atoms with Gasteiger partial charge in [0.2, 0.25) is 0 Å². The van der Waals surface area contributed by atoms with Crippen molar-refractivity contribution in [2.45, 2.75) is 33.2 Å². The van der Waals surface area contributed by atoms with E-state index >= 15 is 0 Å².